The maximum atomic E-state index is 4.74. The topological polar surface area (TPSA) is 29.9 Å². The molecular weight excluding hydrogens is 258 g/mol. The van der Waals surface area contributed by atoms with Crippen LogP contribution in [-0.4, -0.2) is 16.3 Å². The molecule has 0 amide bonds. The van der Waals surface area contributed by atoms with Gasteiger partial charge in [-0.2, -0.15) is 5.10 Å². The van der Waals surface area contributed by atoms with Crippen molar-refractivity contribution in [3.63, 3.8) is 0 Å². The molecule has 2 unspecified atom stereocenters. The van der Waals surface area contributed by atoms with Crippen LogP contribution in [0.5, 0.6) is 0 Å². The zero-order valence-corrected chi connectivity index (χ0v) is 13.4. The van der Waals surface area contributed by atoms with Crippen molar-refractivity contribution in [3.8, 4) is 0 Å². The maximum absolute atomic E-state index is 4.74. The Morgan fingerprint density at radius 2 is 1.90 bits per heavy atom. The van der Waals surface area contributed by atoms with E-state index in [1.165, 1.54) is 23.2 Å². The number of hydrogen-bond acceptors (Lipinski definition) is 2. The van der Waals surface area contributed by atoms with Crippen LogP contribution in [0.25, 0.3) is 0 Å². The quantitative estimate of drug-likeness (QED) is 0.913. The second-order valence-electron chi connectivity index (χ2n) is 7.09. The largest absolute Gasteiger partial charge is 0.309 e. The first kappa shape index (κ1) is 14.3. The van der Waals surface area contributed by atoms with E-state index >= 15 is 0 Å². The number of nitrogens with zero attached hydrogens (tertiary/aromatic N) is 2. The highest BCUT2D eigenvalue weighted by atomic mass is 15.3. The highest BCUT2D eigenvalue weighted by Crippen LogP contribution is 2.41. The molecule has 112 valence electrons. The monoisotopic (exact) mass is 283 g/mol. The van der Waals surface area contributed by atoms with Gasteiger partial charge in [-0.05, 0) is 24.1 Å². The molecule has 1 N–H and O–H groups in total. The molecule has 3 nitrogen and oxygen atoms in total. The first-order valence-electron chi connectivity index (χ1n) is 7.79. The normalized spacial score (nSPS) is 22.7. The Kier molecular flexibility index (Phi) is 3.62. The summed E-state index contributed by atoms with van der Waals surface area (Å²) in [5.41, 5.74) is 4.10. The first-order valence-corrected chi connectivity index (χ1v) is 7.79. The van der Waals surface area contributed by atoms with Gasteiger partial charge in [0.1, 0.15) is 0 Å². The highest BCUT2D eigenvalue weighted by Gasteiger charge is 2.34. The number of aryl methyl sites for hydroxylation is 1. The van der Waals surface area contributed by atoms with Gasteiger partial charge < -0.3 is 5.32 Å². The highest BCUT2D eigenvalue weighted by molar-refractivity contribution is 5.34. The third-order valence-corrected chi connectivity index (χ3v) is 4.35. The zero-order chi connectivity index (χ0) is 15.0. The summed E-state index contributed by atoms with van der Waals surface area (Å²) < 4.78 is 1.97. The van der Waals surface area contributed by atoms with Gasteiger partial charge >= 0.3 is 0 Å². The maximum Gasteiger partial charge on any atom is 0.0713 e. The first-order chi connectivity index (χ1) is 9.97. The summed E-state index contributed by atoms with van der Waals surface area (Å²) in [7, 11) is 2.03. The molecule has 1 aliphatic heterocycles. The standard InChI is InChI=1S/C18H25N3/c1-18(2,3)17-15(12-21(4)20-17)14-10-11-19-16(14)13-8-6-5-7-9-13/h5-9,12,14,16,19H,10-11H2,1-4H3. The fraction of sp³-hybridized carbons (Fsp3) is 0.500. The minimum Gasteiger partial charge on any atom is -0.309 e. The van der Waals surface area contributed by atoms with E-state index in [0.29, 0.717) is 12.0 Å². The summed E-state index contributed by atoms with van der Waals surface area (Å²) in [5, 5.41) is 8.42. The van der Waals surface area contributed by atoms with Gasteiger partial charge in [-0.15, -0.1) is 0 Å². The molecule has 0 spiro atoms. The van der Waals surface area contributed by atoms with Crippen LogP contribution in [0.2, 0.25) is 0 Å². The van der Waals surface area contributed by atoms with Crippen molar-refractivity contribution in [2.75, 3.05) is 6.54 Å². The van der Waals surface area contributed by atoms with Crippen molar-refractivity contribution in [1.82, 2.24) is 15.1 Å². The van der Waals surface area contributed by atoms with Gasteiger partial charge in [0.05, 0.1) is 5.69 Å². The lowest BCUT2D eigenvalue weighted by Gasteiger charge is -2.24. The van der Waals surface area contributed by atoms with Gasteiger partial charge in [-0.1, -0.05) is 51.1 Å². The smallest absolute Gasteiger partial charge is 0.0713 e. The predicted molar refractivity (Wildman–Crippen MR) is 86.5 cm³/mol. The van der Waals surface area contributed by atoms with Crippen molar-refractivity contribution in [3.05, 3.63) is 53.3 Å². The molecule has 21 heavy (non-hydrogen) atoms. The fourth-order valence-corrected chi connectivity index (χ4v) is 3.41. The number of aromatic nitrogens is 2. The van der Waals surface area contributed by atoms with E-state index in [9.17, 15) is 0 Å². The minimum atomic E-state index is 0.0838. The van der Waals surface area contributed by atoms with Crippen LogP contribution in [0.3, 0.4) is 0 Å². The van der Waals surface area contributed by atoms with Gasteiger partial charge in [-0.25, -0.2) is 0 Å². The van der Waals surface area contributed by atoms with Gasteiger partial charge in [0.25, 0.3) is 0 Å². The molecule has 0 bridgehead atoms. The third-order valence-electron chi connectivity index (χ3n) is 4.35. The summed E-state index contributed by atoms with van der Waals surface area (Å²) >= 11 is 0. The second kappa shape index (κ2) is 5.30. The summed E-state index contributed by atoms with van der Waals surface area (Å²) in [6, 6.07) is 11.2. The van der Waals surface area contributed by atoms with Crippen molar-refractivity contribution >= 4 is 0 Å². The molecule has 1 aromatic carbocycles. The van der Waals surface area contributed by atoms with E-state index in [4.69, 9.17) is 5.10 Å². The van der Waals surface area contributed by atoms with E-state index in [-0.39, 0.29) is 5.41 Å². The summed E-state index contributed by atoms with van der Waals surface area (Å²) in [4.78, 5) is 0. The van der Waals surface area contributed by atoms with E-state index in [1.807, 2.05) is 11.7 Å². The number of benzene rings is 1. The lowest BCUT2D eigenvalue weighted by atomic mass is 9.81. The number of rotatable bonds is 2. The molecule has 1 aliphatic rings. The zero-order valence-electron chi connectivity index (χ0n) is 13.4. The molecule has 1 saturated heterocycles. The average molecular weight is 283 g/mol. The Hall–Kier alpha value is -1.61. The van der Waals surface area contributed by atoms with Crippen molar-refractivity contribution in [1.29, 1.82) is 0 Å². The van der Waals surface area contributed by atoms with Crippen molar-refractivity contribution in [2.24, 2.45) is 7.05 Å². The molecular formula is C18H25N3. The van der Waals surface area contributed by atoms with Crippen LogP contribution in [0.15, 0.2) is 36.5 Å². The van der Waals surface area contributed by atoms with Crippen LogP contribution >= 0.6 is 0 Å². The number of hydrogen-bond donors (Lipinski definition) is 1. The van der Waals surface area contributed by atoms with Crippen molar-refractivity contribution < 1.29 is 0 Å². The Morgan fingerprint density at radius 1 is 1.19 bits per heavy atom. The van der Waals surface area contributed by atoms with Gasteiger partial charge in [0, 0.05) is 30.6 Å². The molecule has 1 aromatic heterocycles. The van der Waals surface area contributed by atoms with Gasteiger partial charge in [0.2, 0.25) is 0 Å². The van der Waals surface area contributed by atoms with Crippen LogP contribution in [-0.2, 0) is 12.5 Å². The Labute approximate surface area is 127 Å². The SMILES string of the molecule is Cn1cc(C2CCNC2c2ccccc2)c(C(C)(C)C)n1. The second-order valence-corrected chi connectivity index (χ2v) is 7.09. The van der Waals surface area contributed by atoms with Gasteiger partial charge in [0.15, 0.2) is 0 Å². The fourth-order valence-electron chi connectivity index (χ4n) is 3.41. The lowest BCUT2D eigenvalue weighted by Crippen LogP contribution is -2.20. The summed E-state index contributed by atoms with van der Waals surface area (Å²) in [6.45, 7) is 7.82. The summed E-state index contributed by atoms with van der Waals surface area (Å²) in [6.07, 6.45) is 3.39. The molecule has 3 rings (SSSR count). The average Bonchev–Trinajstić information content (AvgIpc) is 3.04. The predicted octanol–water partition coefficient (Wildman–Crippen LogP) is 3.54. The van der Waals surface area contributed by atoms with Crippen molar-refractivity contribution in [2.45, 2.75) is 44.6 Å². The Bertz CT molecular complexity index is 607. The molecule has 2 aromatic rings. The van der Waals surface area contributed by atoms with Gasteiger partial charge in [-0.3, -0.25) is 4.68 Å². The van der Waals surface area contributed by atoms with E-state index in [0.717, 1.165) is 6.54 Å². The molecule has 0 radical (unpaired) electrons. The Balaban J connectivity index is 2.00. The molecule has 1 fully saturated rings. The van der Waals surface area contributed by atoms with Crippen LogP contribution in [0.4, 0.5) is 0 Å². The van der Waals surface area contributed by atoms with E-state index in [2.05, 4.69) is 62.6 Å². The van der Waals surface area contributed by atoms with Crippen LogP contribution < -0.4 is 5.32 Å². The molecule has 2 atom stereocenters. The lowest BCUT2D eigenvalue weighted by molar-refractivity contribution is 0.524. The third kappa shape index (κ3) is 2.75. The molecule has 0 aliphatic carbocycles. The van der Waals surface area contributed by atoms with E-state index < -0.39 is 0 Å². The van der Waals surface area contributed by atoms with E-state index in [1.54, 1.807) is 0 Å². The number of nitrogens with one attached hydrogen (secondary N) is 1. The molecule has 3 heteroatoms. The molecule has 2 heterocycles. The van der Waals surface area contributed by atoms with Crippen LogP contribution in [0.1, 0.15) is 56.0 Å². The van der Waals surface area contributed by atoms with Crippen LogP contribution in [0, 0.1) is 0 Å². The summed E-state index contributed by atoms with van der Waals surface area (Å²) in [5.74, 6) is 0.510. The Morgan fingerprint density at radius 3 is 2.57 bits per heavy atom. The molecule has 0 saturated carbocycles. The minimum absolute atomic E-state index is 0.0838.